The molecule has 1 fully saturated rings. The summed E-state index contributed by atoms with van der Waals surface area (Å²) in [6.45, 7) is 0.687. The standard InChI is InChI=1S/C11H15N3O6/c1-5(16)19-9-8(17)6(4-15)20-10(9)14-3-2-7(12)13-11(14)18/h2-3,6,8-10,15,17H,4H2,1H3,(H2,12,13,18)/t6-,8+,9?,10-/m1/s1. The quantitative estimate of drug-likeness (QED) is 0.543. The Balaban J connectivity index is 2.36. The van der Waals surface area contributed by atoms with Gasteiger partial charge < -0.3 is 25.4 Å². The normalized spacial score (nSPS) is 29.4. The van der Waals surface area contributed by atoms with Crippen LogP contribution < -0.4 is 11.4 Å². The lowest BCUT2D eigenvalue weighted by Gasteiger charge is -2.21. The highest BCUT2D eigenvalue weighted by molar-refractivity contribution is 5.66. The second-order valence-electron chi connectivity index (χ2n) is 4.35. The molecule has 1 aliphatic rings. The second-order valence-corrected chi connectivity index (χ2v) is 4.35. The highest BCUT2D eigenvalue weighted by Gasteiger charge is 2.47. The van der Waals surface area contributed by atoms with Gasteiger partial charge in [-0.15, -0.1) is 0 Å². The molecule has 2 rings (SSSR count). The van der Waals surface area contributed by atoms with Gasteiger partial charge in [0.1, 0.15) is 18.0 Å². The lowest BCUT2D eigenvalue weighted by molar-refractivity contribution is -0.156. The summed E-state index contributed by atoms with van der Waals surface area (Å²) in [5, 5.41) is 19.1. The average molecular weight is 285 g/mol. The van der Waals surface area contributed by atoms with Gasteiger partial charge >= 0.3 is 11.7 Å². The first-order valence-electron chi connectivity index (χ1n) is 5.90. The fraction of sp³-hybridized carbons (Fsp3) is 0.545. The molecule has 9 heteroatoms. The molecule has 0 aromatic carbocycles. The van der Waals surface area contributed by atoms with Gasteiger partial charge in [0, 0.05) is 13.1 Å². The first kappa shape index (κ1) is 14.4. The fourth-order valence-corrected chi connectivity index (χ4v) is 2.03. The van der Waals surface area contributed by atoms with Gasteiger partial charge in [-0.25, -0.2) is 4.79 Å². The number of aliphatic hydroxyl groups excluding tert-OH is 2. The number of ether oxygens (including phenoxy) is 2. The number of carbonyl (C=O) groups is 1. The minimum atomic E-state index is -1.25. The van der Waals surface area contributed by atoms with E-state index in [9.17, 15) is 14.7 Å². The van der Waals surface area contributed by atoms with Gasteiger partial charge in [0.25, 0.3) is 0 Å². The number of aliphatic hydroxyl groups is 2. The maximum Gasteiger partial charge on any atom is 0.351 e. The largest absolute Gasteiger partial charge is 0.455 e. The molecular weight excluding hydrogens is 270 g/mol. The lowest BCUT2D eigenvalue weighted by atomic mass is 10.1. The molecule has 0 aliphatic carbocycles. The van der Waals surface area contributed by atoms with Gasteiger partial charge in [-0.05, 0) is 6.07 Å². The van der Waals surface area contributed by atoms with Crippen molar-refractivity contribution in [1.29, 1.82) is 0 Å². The van der Waals surface area contributed by atoms with Crippen LogP contribution in [0.15, 0.2) is 17.1 Å². The molecule has 0 amide bonds. The van der Waals surface area contributed by atoms with Crippen LogP contribution in [0, 0.1) is 0 Å². The molecule has 0 saturated carbocycles. The number of hydrogen-bond donors (Lipinski definition) is 3. The van der Waals surface area contributed by atoms with Crippen molar-refractivity contribution >= 4 is 11.8 Å². The Morgan fingerprint density at radius 3 is 2.90 bits per heavy atom. The number of aromatic nitrogens is 2. The Labute approximate surface area is 113 Å². The molecule has 4 atom stereocenters. The number of anilines is 1. The van der Waals surface area contributed by atoms with E-state index in [0.717, 1.165) is 4.57 Å². The fourth-order valence-electron chi connectivity index (χ4n) is 2.03. The van der Waals surface area contributed by atoms with Crippen molar-refractivity contribution in [2.45, 2.75) is 31.5 Å². The van der Waals surface area contributed by atoms with Crippen molar-refractivity contribution in [1.82, 2.24) is 9.55 Å². The van der Waals surface area contributed by atoms with Crippen molar-refractivity contribution in [2.24, 2.45) is 0 Å². The number of nitrogens with two attached hydrogens (primary N) is 1. The molecular formula is C11H15N3O6. The number of nitrogen functional groups attached to an aromatic ring is 1. The zero-order valence-electron chi connectivity index (χ0n) is 10.7. The Hall–Kier alpha value is -1.97. The summed E-state index contributed by atoms with van der Waals surface area (Å²) in [5.74, 6) is -0.606. The number of hydrogen-bond acceptors (Lipinski definition) is 8. The van der Waals surface area contributed by atoms with E-state index in [1.165, 1.54) is 19.2 Å². The van der Waals surface area contributed by atoms with E-state index in [1.54, 1.807) is 0 Å². The molecule has 2 heterocycles. The van der Waals surface area contributed by atoms with Crippen molar-refractivity contribution < 1.29 is 24.5 Å². The monoisotopic (exact) mass is 285 g/mol. The summed E-state index contributed by atoms with van der Waals surface area (Å²) in [7, 11) is 0. The number of rotatable bonds is 3. The van der Waals surface area contributed by atoms with Crippen LogP contribution in [0.25, 0.3) is 0 Å². The summed E-state index contributed by atoms with van der Waals surface area (Å²) in [6, 6.07) is 1.37. The molecule has 0 spiro atoms. The van der Waals surface area contributed by atoms with Gasteiger partial charge in [-0.1, -0.05) is 0 Å². The van der Waals surface area contributed by atoms with Gasteiger partial charge in [0.15, 0.2) is 12.3 Å². The average Bonchev–Trinajstić information content (AvgIpc) is 2.66. The van der Waals surface area contributed by atoms with Crippen LogP contribution in [-0.4, -0.2) is 50.7 Å². The topological polar surface area (TPSA) is 137 Å². The van der Waals surface area contributed by atoms with Gasteiger partial charge in [-0.2, -0.15) is 4.98 Å². The predicted octanol–water partition coefficient (Wildman–Crippen LogP) is -1.99. The van der Waals surface area contributed by atoms with Crippen LogP contribution in [0.1, 0.15) is 13.2 Å². The first-order chi connectivity index (χ1) is 9.43. The van der Waals surface area contributed by atoms with E-state index in [2.05, 4.69) is 4.98 Å². The van der Waals surface area contributed by atoms with Crippen LogP contribution in [0.2, 0.25) is 0 Å². The Kier molecular flexibility index (Phi) is 4.02. The molecule has 0 bridgehead atoms. The maximum atomic E-state index is 11.8. The molecule has 20 heavy (non-hydrogen) atoms. The van der Waals surface area contributed by atoms with E-state index in [4.69, 9.17) is 20.3 Å². The zero-order chi connectivity index (χ0) is 14.9. The molecule has 4 N–H and O–H groups in total. The summed E-state index contributed by atoms with van der Waals surface area (Å²) in [6.07, 6.45) is -3.09. The van der Waals surface area contributed by atoms with E-state index in [0.29, 0.717) is 0 Å². The molecule has 1 unspecified atom stereocenters. The van der Waals surface area contributed by atoms with E-state index < -0.39 is 42.8 Å². The molecule has 0 radical (unpaired) electrons. The summed E-state index contributed by atoms with van der Waals surface area (Å²) < 4.78 is 11.4. The van der Waals surface area contributed by atoms with Gasteiger partial charge in [0.2, 0.25) is 0 Å². The number of esters is 1. The van der Waals surface area contributed by atoms with Crippen LogP contribution in [-0.2, 0) is 14.3 Å². The van der Waals surface area contributed by atoms with E-state index >= 15 is 0 Å². The second kappa shape index (κ2) is 5.57. The highest BCUT2D eigenvalue weighted by Crippen LogP contribution is 2.30. The molecule has 1 aliphatic heterocycles. The molecule has 1 aromatic rings. The van der Waals surface area contributed by atoms with Gasteiger partial charge in [0.05, 0.1) is 6.61 Å². The lowest BCUT2D eigenvalue weighted by Crippen LogP contribution is -2.39. The Bertz CT molecular complexity index is 559. The van der Waals surface area contributed by atoms with Crippen LogP contribution >= 0.6 is 0 Å². The van der Waals surface area contributed by atoms with Crippen LogP contribution in [0.5, 0.6) is 0 Å². The summed E-state index contributed by atoms with van der Waals surface area (Å²) >= 11 is 0. The summed E-state index contributed by atoms with van der Waals surface area (Å²) in [5.41, 5.74) is 4.67. The minimum absolute atomic E-state index is 0.0348. The maximum absolute atomic E-state index is 11.8. The Morgan fingerprint density at radius 1 is 1.65 bits per heavy atom. The van der Waals surface area contributed by atoms with Crippen molar-refractivity contribution in [2.75, 3.05) is 12.3 Å². The van der Waals surface area contributed by atoms with Gasteiger partial charge in [-0.3, -0.25) is 9.36 Å². The predicted molar refractivity (Wildman–Crippen MR) is 65.5 cm³/mol. The highest BCUT2D eigenvalue weighted by atomic mass is 16.6. The molecule has 9 nitrogen and oxygen atoms in total. The molecule has 1 saturated heterocycles. The van der Waals surface area contributed by atoms with Crippen molar-refractivity contribution in [3.05, 3.63) is 22.7 Å². The third-order valence-electron chi connectivity index (χ3n) is 2.92. The molecule has 110 valence electrons. The van der Waals surface area contributed by atoms with Crippen LogP contribution in [0.4, 0.5) is 5.82 Å². The SMILES string of the molecule is CC(=O)OC1[C@@H](O)[C@@H](CO)O[C@H]1n1ccc(N)nc1=O. The third-order valence-corrected chi connectivity index (χ3v) is 2.92. The van der Waals surface area contributed by atoms with E-state index in [-0.39, 0.29) is 5.82 Å². The summed E-state index contributed by atoms with van der Waals surface area (Å²) in [4.78, 5) is 26.4. The number of carbonyl (C=O) groups excluding carboxylic acids is 1. The first-order valence-corrected chi connectivity index (χ1v) is 5.90. The number of nitrogens with zero attached hydrogens (tertiary/aromatic N) is 2. The zero-order valence-corrected chi connectivity index (χ0v) is 10.7. The van der Waals surface area contributed by atoms with Crippen molar-refractivity contribution in [3.8, 4) is 0 Å². The van der Waals surface area contributed by atoms with E-state index in [1.807, 2.05) is 0 Å². The Morgan fingerprint density at radius 2 is 2.35 bits per heavy atom. The van der Waals surface area contributed by atoms with Crippen molar-refractivity contribution in [3.63, 3.8) is 0 Å². The molecule has 1 aromatic heterocycles. The minimum Gasteiger partial charge on any atom is -0.455 e. The smallest absolute Gasteiger partial charge is 0.351 e. The van der Waals surface area contributed by atoms with Crippen LogP contribution in [0.3, 0.4) is 0 Å². The third kappa shape index (κ3) is 2.64.